The van der Waals surface area contributed by atoms with Gasteiger partial charge in [-0.05, 0) is 12.0 Å². The molecule has 0 radical (unpaired) electrons. The van der Waals surface area contributed by atoms with Crippen molar-refractivity contribution in [2.45, 2.75) is 19.9 Å². The lowest BCUT2D eigenvalue weighted by Crippen LogP contribution is -2.17. The predicted octanol–water partition coefficient (Wildman–Crippen LogP) is 2.33. The fourth-order valence-electron chi connectivity index (χ4n) is 1.20. The van der Waals surface area contributed by atoms with Gasteiger partial charge in [-0.2, -0.15) is 0 Å². The third kappa shape index (κ3) is 2.01. The number of benzene rings is 1. The highest BCUT2D eigenvalue weighted by molar-refractivity contribution is 5.36. The van der Waals surface area contributed by atoms with E-state index in [0.717, 1.165) is 6.07 Å². The van der Waals surface area contributed by atoms with E-state index in [2.05, 4.69) is 0 Å². The van der Waals surface area contributed by atoms with Crippen molar-refractivity contribution in [3.63, 3.8) is 0 Å². The van der Waals surface area contributed by atoms with Crippen molar-refractivity contribution in [2.75, 3.05) is 0 Å². The second kappa shape index (κ2) is 3.92. The van der Waals surface area contributed by atoms with Gasteiger partial charge in [0, 0.05) is 17.7 Å². The highest BCUT2D eigenvalue weighted by Crippen LogP contribution is 2.30. The average molecular weight is 201 g/mol. The maximum atomic E-state index is 12.9. The van der Waals surface area contributed by atoms with E-state index in [0.29, 0.717) is 6.07 Å². The molecule has 0 fully saturated rings. The standard InChI is InChI=1S/C10H13F2NO/c1-5(2)9(13)7-3-6(11)4-8(12)10(7)14/h3-5,9,14H,13H2,1-2H3/t9-/m0/s1. The third-order valence-electron chi connectivity index (χ3n) is 2.14. The smallest absolute Gasteiger partial charge is 0.168 e. The predicted molar refractivity (Wildman–Crippen MR) is 49.8 cm³/mol. The maximum absolute atomic E-state index is 12.9. The van der Waals surface area contributed by atoms with Crippen LogP contribution in [0.25, 0.3) is 0 Å². The van der Waals surface area contributed by atoms with E-state index in [4.69, 9.17) is 5.73 Å². The first kappa shape index (κ1) is 10.9. The van der Waals surface area contributed by atoms with Crippen LogP contribution in [-0.2, 0) is 0 Å². The number of aromatic hydroxyl groups is 1. The van der Waals surface area contributed by atoms with Crippen LogP contribution in [0.4, 0.5) is 8.78 Å². The van der Waals surface area contributed by atoms with Gasteiger partial charge < -0.3 is 10.8 Å². The fraction of sp³-hybridized carbons (Fsp3) is 0.400. The molecule has 1 aromatic rings. The summed E-state index contributed by atoms with van der Waals surface area (Å²) in [6.45, 7) is 3.62. The molecule has 0 saturated heterocycles. The molecule has 3 N–H and O–H groups in total. The number of rotatable bonds is 2. The van der Waals surface area contributed by atoms with E-state index in [1.54, 1.807) is 0 Å². The molecule has 0 aliphatic heterocycles. The SMILES string of the molecule is CC(C)[C@H](N)c1cc(F)cc(F)c1O. The lowest BCUT2D eigenvalue weighted by molar-refractivity contribution is 0.402. The maximum Gasteiger partial charge on any atom is 0.168 e. The Hall–Kier alpha value is -1.16. The van der Waals surface area contributed by atoms with E-state index < -0.39 is 23.4 Å². The van der Waals surface area contributed by atoms with Crippen LogP contribution in [-0.4, -0.2) is 5.11 Å². The summed E-state index contributed by atoms with van der Waals surface area (Å²) < 4.78 is 25.7. The van der Waals surface area contributed by atoms with Gasteiger partial charge in [0.05, 0.1) is 0 Å². The zero-order valence-electron chi connectivity index (χ0n) is 8.09. The Bertz CT molecular complexity index is 339. The van der Waals surface area contributed by atoms with Gasteiger partial charge in [-0.3, -0.25) is 0 Å². The van der Waals surface area contributed by atoms with Crippen molar-refractivity contribution in [1.29, 1.82) is 0 Å². The molecule has 78 valence electrons. The molecule has 1 aromatic carbocycles. The van der Waals surface area contributed by atoms with Crippen LogP contribution in [0.2, 0.25) is 0 Å². The Kier molecular flexibility index (Phi) is 3.06. The third-order valence-corrected chi connectivity index (χ3v) is 2.14. The molecule has 0 saturated carbocycles. The zero-order valence-corrected chi connectivity index (χ0v) is 8.09. The Morgan fingerprint density at radius 3 is 2.36 bits per heavy atom. The lowest BCUT2D eigenvalue weighted by Gasteiger charge is -2.17. The van der Waals surface area contributed by atoms with Gasteiger partial charge in [-0.25, -0.2) is 8.78 Å². The highest BCUT2D eigenvalue weighted by Gasteiger charge is 2.18. The van der Waals surface area contributed by atoms with Gasteiger partial charge in [0.1, 0.15) is 5.82 Å². The lowest BCUT2D eigenvalue weighted by atomic mass is 9.96. The van der Waals surface area contributed by atoms with Gasteiger partial charge in [0.15, 0.2) is 11.6 Å². The van der Waals surface area contributed by atoms with Crippen molar-refractivity contribution >= 4 is 0 Å². The molecule has 0 bridgehead atoms. The summed E-state index contributed by atoms with van der Waals surface area (Å²) in [5, 5.41) is 9.32. The second-order valence-electron chi connectivity index (χ2n) is 3.60. The Morgan fingerprint density at radius 2 is 1.86 bits per heavy atom. The number of nitrogens with two attached hydrogens (primary N) is 1. The van der Waals surface area contributed by atoms with Crippen molar-refractivity contribution in [1.82, 2.24) is 0 Å². The van der Waals surface area contributed by atoms with Crippen LogP contribution in [0.5, 0.6) is 5.75 Å². The molecule has 1 rings (SSSR count). The molecule has 1 atom stereocenters. The van der Waals surface area contributed by atoms with Crippen molar-refractivity contribution in [3.8, 4) is 5.75 Å². The highest BCUT2D eigenvalue weighted by atomic mass is 19.1. The monoisotopic (exact) mass is 201 g/mol. The summed E-state index contributed by atoms with van der Waals surface area (Å²) in [5.74, 6) is -2.27. The van der Waals surface area contributed by atoms with Crippen LogP contribution in [0, 0.1) is 17.6 Å². The molecular weight excluding hydrogens is 188 g/mol. The Labute approximate surface area is 81.4 Å². The number of phenolic OH excluding ortho intramolecular Hbond substituents is 1. The number of hydrogen-bond acceptors (Lipinski definition) is 2. The minimum Gasteiger partial charge on any atom is -0.505 e. The van der Waals surface area contributed by atoms with Crippen molar-refractivity contribution in [3.05, 3.63) is 29.3 Å². The summed E-state index contributed by atoms with van der Waals surface area (Å²) in [7, 11) is 0. The largest absolute Gasteiger partial charge is 0.505 e. The Morgan fingerprint density at radius 1 is 1.29 bits per heavy atom. The second-order valence-corrected chi connectivity index (χ2v) is 3.60. The van der Waals surface area contributed by atoms with Crippen LogP contribution in [0.3, 0.4) is 0 Å². The minimum absolute atomic E-state index is 0.00194. The van der Waals surface area contributed by atoms with Gasteiger partial charge in [0.2, 0.25) is 0 Å². The van der Waals surface area contributed by atoms with Crippen LogP contribution in [0.15, 0.2) is 12.1 Å². The number of halogens is 2. The van der Waals surface area contributed by atoms with E-state index in [-0.39, 0.29) is 11.5 Å². The molecule has 0 aliphatic carbocycles. The zero-order chi connectivity index (χ0) is 10.9. The van der Waals surface area contributed by atoms with Gasteiger partial charge in [-0.1, -0.05) is 13.8 Å². The molecular formula is C10H13F2NO. The van der Waals surface area contributed by atoms with Crippen LogP contribution < -0.4 is 5.73 Å². The van der Waals surface area contributed by atoms with Gasteiger partial charge in [0.25, 0.3) is 0 Å². The first-order valence-electron chi connectivity index (χ1n) is 4.37. The molecule has 14 heavy (non-hydrogen) atoms. The molecule has 0 aromatic heterocycles. The minimum atomic E-state index is -0.976. The molecule has 0 spiro atoms. The quantitative estimate of drug-likeness (QED) is 0.771. The van der Waals surface area contributed by atoms with Gasteiger partial charge >= 0.3 is 0 Å². The van der Waals surface area contributed by atoms with Crippen LogP contribution >= 0.6 is 0 Å². The Balaban J connectivity index is 3.20. The van der Waals surface area contributed by atoms with Crippen molar-refractivity contribution < 1.29 is 13.9 Å². The molecule has 0 unspecified atom stereocenters. The summed E-state index contributed by atoms with van der Waals surface area (Å²) in [6.07, 6.45) is 0. The van der Waals surface area contributed by atoms with E-state index >= 15 is 0 Å². The molecule has 2 nitrogen and oxygen atoms in total. The normalized spacial score (nSPS) is 13.3. The summed E-state index contributed by atoms with van der Waals surface area (Å²) in [6, 6.07) is 1.12. The molecule has 4 heteroatoms. The van der Waals surface area contributed by atoms with Crippen LogP contribution in [0.1, 0.15) is 25.5 Å². The molecule has 0 heterocycles. The summed E-state index contributed by atoms with van der Waals surface area (Å²) in [5.41, 5.74) is 5.79. The van der Waals surface area contributed by atoms with Crippen molar-refractivity contribution in [2.24, 2.45) is 11.7 Å². The van der Waals surface area contributed by atoms with E-state index in [9.17, 15) is 13.9 Å². The first-order valence-corrected chi connectivity index (χ1v) is 4.37. The fourth-order valence-corrected chi connectivity index (χ4v) is 1.20. The molecule has 0 amide bonds. The van der Waals surface area contributed by atoms with E-state index in [1.807, 2.05) is 13.8 Å². The van der Waals surface area contributed by atoms with E-state index in [1.165, 1.54) is 0 Å². The number of phenols is 1. The first-order chi connectivity index (χ1) is 6.43. The topological polar surface area (TPSA) is 46.2 Å². The number of hydrogen-bond donors (Lipinski definition) is 2. The van der Waals surface area contributed by atoms with Gasteiger partial charge in [-0.15, -0.1) is 0 Å². The molecule has 0 aliphatic rings. The average Bonchev–Trinajstić information content (AvgIpc) is 2.09. The summed E-state index contributed by atoms with van der Waals surface area (Å²) >= 11 is 0. The summed E-state index contributed by atoms with van der Waals surface area (Å²) in [4.78, 5) is 0.